The molecule has 2 bridgehead atoms. The molecule has 166 valence electrons. The molecule has 3 nitrogen and oxygen atoms in total. The average Bonchev–Trinajstić information content (AvgIpc) is 3.33. The van der Waals surface area contributed by atoms with Gasteiger partial charge in [0.25, 0.3) is 0 Å². The minimum absolute atomic E-state index is 0.00573. The van der Waals surface area contributed by atoms with Gasteiger partial charge in [-0.1, -0.05) is 31.2 Å². The molecule has 1 aromatic carbocycles. The number of nitrogens with one attached hydrogen (secondary N) is 1. The Bertz CT molecular complexity index is 1170. The highest BCUT2D eigenvalue weighted by Gasteiger charge is 2.66. The highest BCUT2D eigenvalue weighted by Crippen LogP contribution is 2.69. The number of fused-ring (bicyclic) bond motifs is 2. The van der Waals surface area contributed by atoms with E-state index >= 15 is 0 Å². The van der Waals surface area contributed by atoms with Gasteiger partial charge in [-0.05, 0) is 110 Å². The summed E-state index contributed by atoms with van der Waals surface area (Å²) in [5.74, 6) is 1.20. The lowest BCUT2D eigenvalue weighted by atomic mass is 9.58. The third-order valence-corrected chi connectivity index (χ3v) is 10.2. The van der Waals surface area contributed by atoms with Crippen LogP contribution in [0.3, 0.4) is 0 Å². The fraction of sp³-hybridized carbons (Fsp3) is 0.552. The Balaban J connectivity index is 1.29. The molecule has 2 aliphatic heterocycles. The van der Waals surface area contributed by atoms with Crippen LogP contribution in [0.5, 0.6) is 0 Å². The minimum Gasteiger partial charge on any atom is -0.359 e. The van der Waals surface area contributed by atoms with Gasteiger partial charge in [0.1, 0.15) is 0 Å². The number of allylic oxidation sites excluding steroid dienone is 1. The number of hydrogen-bond donors (Lipinski definition) is 1. The minimum atomic E-state index is -0.0563. The van der Waals surface area contributed by atoms with Crippen LogP contribution in [0.4, 0.5) is 0 Å². The van der Waals surface area contributed by atoms with Gasteiger partial charge >= 0.3 is 0 Å². The molecular formula is C29H34N2O. The topological polar surface area (TPSA) is 34.2 Å². The lowest BCUT2D eigenvalue weighted by molar-refractivity contribution is -0.136. The van der Waals surface area contributed by atoms with E-state index in [2.05, 4.69) is 60.7 Å². The second-order valence-corrected chi connectivity index (χ2v) is 11.4. The van der Waals surface area contributed by atoms with Gasteiger partial charge in [-0.3, -0.25) is 4.98 Å². The SMILES string of the molecule is CNC1CCC2=CC3=CCC4(C)C(c5ccc6ccncc6c5)CCC4C34CCC2(C1)O4. The zero-order valence-corrected chi connectivity index (χ0v) is 19.4. The van der Waals surface area contributed by atoms with E-state index < -0.39 is 0 Å². The summed E-state index contributed by atoms with van der Waals surface area (Å²) >= 11 is 0. The van der Waals surface area contributed by atoms with Crippen molar-refractivity contribution in [2.24, 2.45) is 11.3 Å². The molecule has 1 saturated heterocycles. The zero-order valence-electron chi connectivity index (χ0n) is 19.4. The van der Waals surface area contributed by atoms with Crippen LogP contribution < -0.4 is 5.32 Å². The molecule has 3 fully saturated rings. The highest BCUT2D eigenvalue weighted by molar-refractivity contribution is 5.82. The first-order chi connectivity index (χ1) is 15.6. The van der Waals surface area contributed by atoms with Crippen LogP contribution in [0.15, 0.2) is 60.0 Å². The molecule has 6 unspecified atom stereocenters. The van der Waals surface area contributed by atoms with Gasteiger partial charge in [-0.15, -0.1) is 0 Å². The quantitative estimate of drug-likeness (QED) is 0.633. The second-order valence-electron chi connectivity index (χ2n) is 11.4. The number of nitrogens with zero attached hydrogens (tertiary/aromatic N) is 1. The molecule has 2 spiro atoms. The maximum atomic E-state index is 7.36. The van der Waals surface area contributed by atoms with E-state index in [1.165, 1.54) is 66.9 Å². The molecule has 6 atom stereocenters. The van der Waals surface area contributed by atoms with E-state index in [9.17, 15) is 0 Å². The van der Waals surface area contributed by atoms with Crippen molar-refractivity contribution in [2.45, 2.75) is 81.5 Å². The van der Waals surface area contributed by atoms with Crippen LogP contribution in [0, 0.1) is 11.3 Å². The van der Waals surface area contributed by atoms with Crippen molar-refractivity contribution in [1.82, 2.24) is 10.3 Å². The molecule has 0 radical (unpaired) electrons. The molecule has 1 N–H and O–H groups in total. The summed E-state index contributed by atoms with van der Waals surface area (Å²) in [6.07, 6.45) is 18.8. The van der Waals surface area contributed by atoms with Crippen LogP contribution >= 0.6 is 0 Å². The Morgan fingerprint density at radius 2 is 2.03 bits per heavy atom. The van der Waals surface area contributed by atoms with Crippen LogP contribution in [0.1, 0.15) is 69.8 Å². The fourth-order valence-corrected chi connectivity index (χ4v) is 8.52. The van der Waals surface area contributed by atoms with Crippen LogP contribution in [-0.4, -0.2) is 29.3 Å². The largest absolute Gasteiger partial charge is 0.359 e. The van der Waals surface area contributed by atoms with Gasteiger partial charge in [0.15, 0.2) is 0 Å². The van der Waals surface area contributed by atoms with E-state index in [1.807, 2.05) is 12.4 Å². The van der Waals surface area contributed by atoms with Crippen molar-refractivity contribution in [3.63, 3.8) is 0 Å². The normalized spacial score (nSPS) is 42.1. The third kappa shape index (κ3) is 2.42. The fourth-order valence-electron chi connectivity index (χ4n) is 8.52. The molecule has 3 aliphatic carbocycles. The van der Waals surface area contributed by atoms with E-state index in [0.717, 1.165) is 6.42 Å². The van der Waals surface area contributed by atoms with Gasteiger partial charge in [-0.2, -0.15) is 0 Å². The molecule has 2 saturated carbocycles. The molecule has 3 heterocycles. The Kier molecular flexibility index (Phi) is 3.99. The van der Waals surface area contributed by atoms with Crippen molar-refractivity contribution < 1.29 is 4.74 Å². The molecule has 5 aliphatic rings. The molecule has 1 aromatic heterocycles. The summed E-state index contributed by atoms with van der Waals surface area (Å²) in [5.41, 5.74) is 4.80. The van der Waals surface area contributed by atoms with Crippen LogP contribution in [-0.2, 0) is 4.74 Å². The van der Waals surface area contributed by atoms with Gasteiger partial charge in [-0.25, -0.2) is 0 Å². The maximum Gasteiger partial charge on any atom is 0.0974 e. The van der Waals surface area contributed by atoms with Gasteiger partial charge < -0.3 is 10.1 Å². The molecule has 0 amide bonds. The van der Waals surface area contributed by atoms with Crippen molar-refractivity contribution in [1.29, 1.82) is 0 Å². The van der Waals surface area contributed by atoms with Gasteiger partial charge in [0.05, 0.1) is 11.2 Å². The Morgan fingerprint density at radius 3 is 2.94 bits per heavy atom. The number of benzene rings is 1. The molecule has 7 rings (SSSR count). The Hall–Kier alpha value is -1.97. The molecular weight excluding hydrogens is 392 g/mol. The predicted molar refractivity (Wildman–Crippen MR) is 129 cm³/mol. The number of rotatable bonds is 2. The van der Waals surface area contributed by atoms with Crippen molar-refractivity contribution >= 4 is 10.8 Å². The van der Waals surface area contributed by atoms with Crippen LogP contribution in [0.2, 0.25) is 0 Å². The van der Waals surface area contributed by atoms with E-state index in [4.69, 9.17) is 4.74 Å². The number of hydrogen-bond acceptors (Lipinski definition) is 3. The zero-order chi connectivity index (χ0) is 21.6. The number of pyridine rings is 1. The van der Waals surface area contributed by atoms with E-state index in [0.29, 0.717) is 17.9 Å². The number of aromatic nitrogens is 1. The van der Waals surface area contributed by atoms with E-state index in [-0.39, 0.29) is 16.6 Å². The van der Waals surface area contributed by atoms with Crippen molar-refractivity contribution in [3.8, 4) is 0 Å². The summed E-state index contributed by atoms with van der Waals surface area (Å²) in [5, 5.41) is 6.11. The summed E-state index contributed by atoms with van der Waals surface area (Å²) in [6, 6.07) is 9.79. The van der Waals surface area contributed by atoms with Crippen LogP contribution in [0.25, 0.3) is 10.8 Å². The first kappa shape index (κ1) is 19.5. The van der Waals surface area contributed by atoms with Gasteiger partial charge in [0.2, 0.25) is 0 Å². The first-order valence-corrected chi connectivity index (χ1v) is 12.7. The summed E-state index contributed by atoms with van der Waals surface area (Å²) < 4.78 is 7.36. The average molecular weight is 427 g/mol. The predicted octanol–water partition coefficient (Wildman–Crippen LogP) is 6.06. The van der Waals surface area contributed by atoms with Gasteiger partial charge in [0, 0.05) is 23.8 Å². The molecule has 3 heteroatoms. The monoisotopic (exact) mass is 426 g/mol. The Morgan fingerprint density at radius 1 is 1.09 bits per heavy atom. The second kappa shape index (κ2) is 6.55. The number of ether oxygens (including phenoxy) is 1. The third-order valence-electron chi connectivity index (χ3n) is 10.2. The smallest absolute Gasteiger partial charge is 0.0974 e. The standard InChI is InChI=1S/C29H34N2O/c1-27-11-9-23-16-22-5-6-24(30-2)17-28(22)12-13-29(23,32-28)26(27)8-7-25(27)20-4-3-19-10-14-31-18-21(19)15-20/h3-4,9-10,14-16,18,24-26,30H,5-8,11-13,17H2,1-2H3. The lowest BCUT2D eigenvalue weighted by Crippen LogP contribution is -2.54. The van der Waals surface area contributed by atoms with Crippen molar-refractivity contribution in [3.05, 3.63) is 65.5 Å². The lowest BCUT2D eigenvalue weighted by Gasteiger charge is -2.54. The highest BCUT2D eigenvalue weighted by atomic mass is 16.5. The molecule has 2 aromatic rings. The first-order valence-electron chi connectivity index (χ1n) is 12.7. The Labute approximate surface area is 191 Å². The summed E-state index contributed by atoms with van der Waals surface area (Å²) in [6.45, 7) is 2.57. The van der Waals surface area contributed by atoms with Crippen molar-refractivity contribution in [2.75, 3.05) is 7.05 Å². The summed E-state index contributed by atoms with van der Waals surface area (Å²) in [7, 11) is 2.12. The van der Waals surface area contributed by atoms with E-state index in [1.54, 1.807) is 5.57 Å². The molecule has 32 heavy (non-hydrogen) atoms. The maximum absolute atomic E-state index is 7.36. The summed E-state index contributed by atoms with van der Waals surface area (Å²) in [4.78, 5) is 4.37.